The van der Waals surface area contributed by atoms with E-state index in [0.29, 0.717) is 37.4 Å². The summed E-state index contributed by atoms with van der Waals surface area (Å²) in [4.78, 5) is 53.2. The summed E-state index contributed by atoms with van der Waals surface area (Å²) in [5.74, 6) is -1.08. The van der Waals surface area contributed by atoms with E-state index in [1.807, 2.05) is 11.8 Å². The van der Waals surface area contributed by atoms with Gasteiger partial charge in [0, 0.05) is 37.4 Å². The molecule has 0 spiro atoms. The molecule has 0 saturated carbocycles. The van der Waals surface area contributed by atoms with Crippen LogP contribution in [0.15, 0.2) is 24.3 Å². The van der Waals surface area contributed by atoms with Gasteiger partial charge in [-0.25, -0.2) is 0 Å². The number of carbonyl (C=O) groups is 4. The Morgan fingerprint density at radius 2 is 1.94 bits per heavy atom. The lowest BCUT2D eigenvalue weighted by molar-refractivity contribution is -0.148. The normalized spacial score (nSPS) is 19.2. The van der Waals surface area contributed by atoms with Crippen LogP contribution in [0.5, 0.6) is 0 Å². The smallest absolute Gasteiger partial charge is 0.307 e. The van der Waals surface area contributed by atoms with Crippen LogP contribution in [0, 0.1) is 0 Å². The summed E-state index contributed by atoms with van der Waals surface area (Å²) in [6, 6.07) is 6.16. The Bertz CT molecular complexity index is 837. The topological polar surface area (TPSA) is 108 Å². The van der Waals surface area contributed by atoms with Gasteiger partial charge in [0.05, 0.1) is 19.6 Å². The lowest BCUT2D eigenvalue weighted by Gasteiger charge is -2.33. The van der Waals surface area contributed by atoms with Gasteiger partial charge in [-0.05, 0) is 43.9 Å². The van der Waals surface area contributed by atoms with Crippen molar-refractivity contribution in [2.24, 2.45) is 0 Å². The molecule has 2 fully saturated rings. The minimum Gasteiger partial charge on any atom is -0.466 e. The van der Waals surface area contributed by atoms with Crippen LogP contribution in [0.25, 0.3) is 0 Å². The Hall–Kier alpha value is -2.94. The fourth-order valence-electron chi connectivity index (χ4n) is 4.00. The number of likely N-dealkylation sites (tertiary alicyclic amines) is 1. The monoisotopic (exact) mass is 444 g/mol. The molecule has 3 amide bonds. The first-order valence-electron chi connectivity index (χ1n) is 11.3. The lowest BCUT2D eigenvalue weighted by Crippen LogP contribution is -2.57. The van der Waals surface area contributed by atoms with Crippen LogP contribution in [-0.2, 0) is 19.1 Å². The molecule has 2 saturated heterocycles. The van der Waals surface area contributed by atoms with E-state index in [9.17, 15) is 19.2 Å². The number of nitrogens with zero attached hydrogens (tertiary/aromatic N) is 2. The Morgan fingerprint density at radius 1 is 1.16 bits per heavy atom. The van der Waals surface area contributed by atoms with Crippen LogP contribution in [-0.4, -0.2) is 78.9 Å². The molecule has 1 atom stereocenters. The molecule has 2 aliphatic heterocycles. The second-order valence-electron chi connectivity index (χ2n) is 8.18. The van der Waals surface area contributed by atoms with Crippen LogP contribution in [0.4, 0.5) is 5.69 Å². The summed E-state index contributed by atoms with van der Waals surface area (Å²) >= 11 is 0. The Morgan fingerprint density at radius 3 is 2.69 bits per heavy atom. The Labute approximate surface area is 188 Å². The molecule has 0 aromatic heterocycles. The van der Waals surface area contributed by atoms with Crippen molar-refractivity contribution in [1.29, 1.82) is 0 Å². The van der Waals surface area contributed by atoms with Crippen molar-refractivity contribution in [3.05, 3.63) is 29.8 Å². The first-order valence-corrected chi connectivity index (χ1v) is 11.3. The molecular formula is C23H32N4O5. The zero-order valence-electron chi connectivity index (χ0n) is 18.6. The number of hydrogen-bond donors (Lipinski definition) is 2. The molecule has 3 rings (SSSR count). The third kappa shape index (κ3) is 6.53. The molecule has 9 heteroatoms. The van der Waals surface area contributed by atoms with Crippen molar-refractivity contribution >= 4 is 29.4 Å². The number of anilines is 1. The minimum atomic E-state index is -0.745. The van der Waals surface area contributed by atoms with Crippen molar-refractivity contribution in [2.45, 2.75) is 45.1 Å². The summed E-state index contributed by atoms with van der Waals surface area (Å²) in [7, 11) is 0. The molecule has 174 valence electrons. The number of ether oxygens (including phenoxy) is 1. The molecule has 2 aliphatic rings. The average molecular weight is 445 g/mol. The molecule has 1 aromatic rings. The molecule has 1 unspecified atom stereocenters. The molecule has 1 aromatic carbocycles. The van der Waals surface area contributed by atoms with Gasteiger partial charge in [0.1, 0.15) is 6.04 Å². The van der Waals surface area contributed by atoms with E-state index in [-0.39, 0.29) is 30.7 Å². The summed E-state index contributed by atoms with van der Waals surface area (Å²) in [5, 5.41) is 5.55. The standard InChI is InChI=1S/C23H32N4O5/c1-2-13-32-21(29)15-19-22(30)24-9-12-27(19)16-20(28)25-18-8-6-7-17(14-18)23(31)26-10-4-3-5-11-26/h6-8,14,19H,2-5,9-13,15-16H2,1H3,(H,24,30)(H,25,28). The summed E-state index contributed by atoms with van der Waals surface area (Å²) in [6.45, 7) is 4.55. The van der Waals surface area contributed by atoms with E-state index in [2.05, 4.69) is 10.6 Å². The molecule has 9 nitrogen and oxygen atoms in total. The van der Waals surface area contributed by atoms with E-state index in [4.69, 9.17) is 4.74 Å². The maximum Gasteiger partial charge on any atom is 0.307 e. The van der Waals surface area contributed by atoms with E-state index in [1.54, 1.807) is 29.2 Å². The van der Waals surface area contributed by atoms with E-state index in [1.165, 1.54) is 0 Å². The van der Waals surface area contributed by atoms with Gasteiger partial charge in [0.25, 0.3) is 5.91 Å². The number of amides is 3. The fraction of sp³-hybridized carbons (Fsp3) is 0.565. The molecular weight excluding hydrogens is 412 g/mol. The van der Waals surface area contributed by atoms with Crippen LogP contribution in [0.1, 0.15) is 49.4 Å². The van der Waals surface area contributed by atoms with Gasteiger partial charge in [0.2, 0.25) is 11.8 Å². The lowest BCUT2D eigenvalue weighted by atomic mass is 10.1. The zero-order valence-corrected chi connectivity index (χ0v) is 18.6. The number of nitrogens with one attached hydrogen (secondary N) is 2. The molecule has 0 radical (unpaired) electrons. The highest BCUT2D eigenvalue weighted by Crippen LogP contribution is 2.17. The highest BCUT2D eigenvalue weighted by Gasteiger charge is 2.33. The number of rotatable bonds is 8. The number of carbonyl (C=O) groups excluding carboxylic acids is 4. The SMILES string of the molecule is CCCOC(=O)CC1C(=O)NCCN1CC(=O)Nc1cccc(C(=O)N2CCCCC2)c1. The highest BCUT2D eigenvalue weighted by atomic mass is 16.5. The first-order chi connectivity index (χ1) is 15.5. The van der Waals surface area contributed by atoms with Crippen molar-refractivity contribution in [3.63, 3.8) is 0 Å². The van der Waals surface area contributed by atoms with Crippen molar-refractivity contribution in [2.75, 3.05) is 44.6 Å². The van der Waals surface area contributed by atoms with Gasteiger partial charge < -0.3 is 20.3 Å². The molecule has 2 N–H and O–H groups in total. The molecule has 0 bridgehead atoms. The van der Waals surface area contributed by atoms with Gasteiger partial charge in [0.15, 0.2) is 0 Å². The van der Waals surface area contributed by atoms with E-state index < -0.39 is 12.0 Å². The van der Waals surface area contributed by atoms with Gasteiger partial charge in [-0.15, -0.1) is 0 Å². The predicted molar refractivity (Wildman–Crippen MR) is 119 cm³/mol. The van der Waals surface area contributed by atoms with Gasteiger partial charge in [-0.2, -0.15) is 0 Å². The molecule has 0 aliphatic carbocycles. The largest absolute Gasteiger partial charge is 0.466 e. The van der Waals surface area contributed by atoms with Crippen LogP contribution in [0.3, 0.4) is 0 Å². The third-order valence-electron chi connectivity index (χ3n) is 5.65. The summed E-state index contributed by atoms with van der Waals surface area (Å²) in [6.07, 6.45) is 3.77. The van der Waals surface area contributed by atoms with E-state index in [0.717, 1.165) is 32.4 Å². The second kappa shape index (κ2) is 11.6. The van der Waals surface area contributed by atoms with Crippen molar-refractivity contribution in [3.8, 4) is 0 Å². The number of esters is 1. The maximum absolute atomic E-state index is 12.7. The van der Waals surface area contributed by atoms with Crippen LogP contribution in [0.2, 0.25) is 0 Å². The highest BCUT2D eigenvalue weighted by molar-refractivity contribution is 5.98. The summed E-state index contributed by atoms with van der Waals surface area (Å²) < 4.78 is 5.09. The number of hydrogen-bond acceptors (Lipinski definition) is 6. The maximum atomic E-state index is 12.7. The number of piperidine rings is 1. The van der Waals surface area contributed by atoms with Crippen molar-refractivity contribution in [1.82, 2.24) is 15.1 Å². The van der Waals surface area contributed by atoms with E-state index >= 15 is 0 Å². The number of piperazine rings is 1. The third-order valence-corrected chi connectivity index (χ3v) is 5.65. The fourth-order valence-corrected chi connectivity index (χ4v) is 4.00. The van der Waals surface area contributed by atoms with Gasteiger partial charge in [-0.1, -0.05) is 13.0 Å². The summed E-state index contributed by atoms with van der Waals surface area (Å²) in [5.41, 5.74) is 1.07. The molecule has 2 heterocycles. The second-order valence-corrected chi connectivity index (χ2v) is 8.18. The quantitative estimate of drug-likeness (QED) is 0.587. The molecule has 32 heavy (non-hydrogen) atoms. The minimum absolute atomic E-state index is 0.0286. The number of benzene rings is 1. The van der Waals surface area contributed by atoms with Crippen LogP contribution >= 0.6 is 0 Å². The first kappa shape index (κ1) is 23.7. The van der Waals surface area contributed by atoms with Gasteiger partial charge >= 0.3 is 5.97 Å². The Balaban J connectivity index is 1.59. The van der Waals surface area contributed by atoms with Crippen molar-refractivity contribution < 1.29 is 23.9 Å². The van der Waals surface area contributed by atoms with Crippen LogP contribution < -0.4 is 10.6 Å². The Kier molecular flexibility index (Phi) is 8.61. The zero-order chi connectivity index (χ0) is 22.9. The average Bonchev–Trinajstić information content (AvgIpc) is 2.80. The van der Waals surface area contributed by atoms with Gasteiger partial charge in [-0.3, -0.25) is 24.1 Å². The predicted octanol–water partition coefficient (Wildman–Crippen LogP) is 1.39.